The number of esters is 1. The Morgan fingerprint density at radius 2 is 1.92 bits per heavy atom. The van der Waals surface area contributed by atoms with E-state index in [1.807, 2.05) is 30.7 Å². The van der Waals surface area contributed by atoms with Crippen LogP contribution in [0.3, 0.4) is 0 Å². The van der Waals surface area contributed by atoms with Gasteiger partial charge in [0.2, 0.25) is 5.91 Å². The fourth-order valence-corrected chi connectivity index (χ4v) is 6.21. The van der Waals surface area contributed by atoms with E-state index >= 15 is 0 Å². The number of thioether (sulfide) groups is 1. The zero-order valence-electron chi connectivity index (χ0n) is 21.5. The molecule has 0 aliphatic heterocycles. The van der Waals surface area contributed by atoms with Crippen LogP contribution in [0.2, 0.25) is 0 Å². The number of amides is 1. The van der Waals surface area contributed by atoms with Gasteiger partial charge in [-0.15, -0.1) is 21.5 Å². The van der Waals surface area contributed by atoms with Crippen LogP contribution in [0.5, 0.6) is 5.75 Å². The van der Waals surface area contributed by atoms with E-state index in [2.05, 4.69) is 48.4 Å². The van der Waals surface area contributed by atoms with E-state index in [9.17, 15) is 9.59 Å². The molecule has 36 heavy (non-hydrogen) atoms. The first kappa shape index (κ1) is 26.2. The third kappa shape index (κ3) is 5.59. The molecule has 4 rings (SSSR count). The van der Waals surface area contributed by atoms with E-state index in [0.29, 0.717) is 21.5 Å². The maximum Gasteiger partial charge on any atom is 0.341 e. The van der Waals surface area contributed by atoms with Crippen LogP contribution in [0.1, 0.15) is 72.4 Å². The molecule has 0 saturated heterocycles. The number of carbonyl (C=O) groups excluding carboxylic acids is 2. The number of ether oxygens (including phenoxy) is 2. The van der Waals surface area contributed by atoms with Crippen molar-refractivity contribution in [1.29, 1.82) is 0 Å². The highest BCUT2D eigenvalue weighted by molar-refractivity contribution is 7.99. The van der Waals surface area contributed by atoms with Crippen molar-refractivity contribution < 1.29 is 19.1 Å². The molecule has 0 saturated carbocycles. The summed E-state index contributed by atoms with van der Waals surface area (Å²) in [5, 5.41) is 12.6. The molecule has 1 unspecified atom stereocenters. The average molecular weight is 529 g/mol. The lowest BCUT2D eigenvalue weighted by Gasteiger charge is -2.20. The van der Waals surface area contributed by atoms with Crippen LogP contribution < -0.4 is 10.1 Å². The maximum absolute atomic E-state index is 12.7. The summed E-state index contributed by atoms with van der Waals surface area (Å²) < 4.78 is 12.9. The third-order valence-electron chi connectivity index (χ3n) is 6.16. The van der Waals surface area contributed by atoms with E-state index in [1.54, 1.807) is 0 Å². The van der Waals surface area contributed by atoms with Crippen LogP contribution in [0.4, 0.5) is 5.00 Å². The van der Waals surface area contributed by atoms with Crippen LogP contribution in [0.25, 0.3) is 0 Å². The number of methoxy groups -OCH3 is 1. The van der Waals surface area contributed by atoms with Crippen LogP contribution in [0, 0.1) is 0 Å². The molecule has 1 atom stereocenters. The van der Waals surface area contributed by atoms with Gasteiger partial charge in [-0.3, -0.25) is 4.79 Å². The number of aromatic nitrogens is 3. The standard InChI is InChI=1S/C26H32N4O4S2/c1-15(34-17-12-10-16(11-13-17)26(2,3)4)22-28-29-25(30(22)5)35-14-20(31)27-23-21(24(32)33-6)18-8-7-9-19(18)36-23/h10-13,15H,7-9,14H2,1-6H3,(H,27,31). The van der Waals surface area contributed by atoms with Gasteiger partial charge in [-0.1, -0.05) is 44.7 Å². The second-order valence-electron chi connectivity index (χ2n) is 9.82. The molecule has 0 radical (unpaired) electrons. The van der Waals surface area contributed by atoms with Crippen molar-refractivity contribution >= 4 is 40.0 Å². The van der Waals surface area contributed by atoms with Crippen molar-refractivity contribution in [3.63, 3.8) is 0 Å². The van der Waals surface area contributed by atoms with Crippen LogP contribution in [0.15, 0.2) is 29.4 Å². The summed E-state index contributed by atoms with van der Waals surface area (Å²) >= 11 is 2.75. The molecule has 0 spiro atoms. The van der Waals surface area contributed by atoms with Crippen molar-refractivity contribution in [3.05, 3.63) is 51.7 Å². The topological polar surface area (TPSA) is 95.3 Å². The van der Waals surface area contributed by atoms with Crippen LogP contribution in [-0.2, 0) is 34.8 Å². The molecule has 1 N–H and O–H groups in total. The lowest BCUT2D eigenvalue weighted by Crippen LogP contribution is -2.16. The van der Waals surface area contributed by atoms with Crippen molar-refractivity contribution in [2.24, 2.45) is 7.05 Å². The second kappa shape index (κ2) is 10.6. The summed E-state index contributed by atoms with van der Waals surface area (Å²) in [5.74, 6) is 0.950. The fraction of sp³-hybridized carbons (Fsp3) is 0.462. The third-order valence-corrected chi connectivity index (χ3v) is 8.39. The fourth-order valence-electron chi connectivity index (χ4n) is 4.20. The minimum absolute atomic E-state index is 0.0800. The Labute approximate surface area is 219 Å². The number of hydrogen-bond acceptors (Lipinski definition) is 8. The van der Waals surface area contributed by atoms with Gasteiger partial charge >= 0.3 is 5.97 Å². The molecule has 1 amide bonds. The lowest BCUT2D eigenvalue weighted by molar-refractivity contribution is -0.113. The molecule has 2 aromatic heterocycles. The average Bonchev–Trinajstić information content (AvgIpc) is 3.51. The van der Waals surface area contributed by atoms with Crippen molar-refractivity contribution in [3.8, 4) is 5.75 Å². The molecular formula is C26H32N4O4S2. The SMILES string of the molecule is COC(=O)c1c(NC(=O)CSc2nnc(C(C)Oc3ccc(C(C)(C)C)cc3)n2C)sc2c1CCC2. The van der Waals surface area contributed by atoms with E-state index < -0.39 is 5.97 Å². The Balaban J connectivity index is 1.37. The van der Waals surface area contributed by atoms with E-state index in [0.717, 1.165) is 35.5 Å². The quantitative estimate of drug-likeness (QED) is 0.312. The first-order valence-electron chi connectivity index (χ1n) is 11.9. The highest BCUT2D eigenvalue weighted by Crippen LogP contribution is 2.39. The number of fused-ring (bicyclic) bond motifs is 1. The van der Waals surface area contributed by atoms with Gasteiger partial charge in [0.25, 0.3) is 0 Å². The molecule has 0 fully saturated rings. The Hall–Kier alpha value is -2.85. The smallest absolute Gasteiger partial charge is 0.341 e. The number of benzene rings is 1. The summed E-state index contributed by atoms with van der Waals surface area (Å²) in [6.07, 6.45) is 2.47. The van der Waals surface area contributed by atoms with Crippen LogP contribution in [-0.4, -0.2) is 39.5 Å². The zero-order valence-corrected chi connectivity index (χ0v) is 23.1. The Morgan fingerprint density at radius 1 is 1.19 bits per heavy atom. The van der Waals surface area contributed by atoms with Gasteiger partial charge in [0.1, 0.15) is 10.8 Å². The Kier molecular flexibility index (Phi) is 7.75. The number of hydrogen-bond donors (Lipinski definition) is 1. The van der Waals surface area contributed by atoms with Crippen molar-refractivity contribution in [1.82, 2.24) is 14.8 Å². The molecule has 0 bridgehead atoms. The summed E-state index contributed by atoms with van der Waals surface area (Å²) in [6, 6.07) is 8.09. The summed E-state index contributed by atoms with van der Waals surface area (Å²) in [4.78, 5) is 26.2. The summed E-state index contributed by atoms with van der Waals surface area (Å²) in [7, 11) is 3.22. The summed E-state index contributed by atoms with van der Waals surface area (Å²) in [5.41, 5.74) is 2.82. The van der Waals surface area contributed by atoms with Gasteiger partial charge in [0, 0.05) is 11.9 Å². The molecule has 2 heterocycles. The van der Waals surface area contributed by atoms with E-state index in [4.69, 9.17) is 9.47 Å². The minimum atomic E-state index is -0.405. The van der Waals surface area contributed by atoms with E-state index in [-0.39, 0.29) is 23.2 Å². The summed E-state index contributed by atoms with van der Waals surface area (Å²) in [6.45, 7) is 8.45. The molecule has 1 aliphatic carbocycles. The molecule has 3 aromatic rings. The normalized spacial score (nSPS) is 13.8. The number of anilines is 1. The molecular weight excluding hydrogens is 496 g/mol. The van der Waals surface area contributed by atoms with Gasteiger partial charge in [0.15, 0.2) is 17.1 Å². The molecule has 1 aliphatic rings. The number of nitrogens with zero attached hydrogens (tertiary/aromatic N) is 3. The Morgan fingerprint density at radius 3 is 2.58 bits per heavy atom. The predicted molar refractivity (Wildman–Crippen MR) is 142 cm³/mol. The highest BCUT2D eigenvalue weighted by Gasteiger charge is 2.28. The van der Waals surface area contributed by atoms with Crippen LogP contribution >= 0.6 is 23.1 Å². The molecule has 8 nitrogen and oxygen atoms in total. The largest absolute Gasteiger partial charge is 0.483 e. The number of aryl methyl sites for hydroxylation is 1. The van der Waals surface area contributed by atoms with Gasteiger partial charge < -0.3 is 19.4 Å². The number of carbonyl (C=O) groups is 2. The van der Waals surface area contributed by atoms with Gasteiger partial charge in [-0.25, -0.2) is 4.79 Å². The zero-order chi connectivity index (χ0) is 26.0. The van der Waals surface area contributed by atoms with Crippen molar-refractivity contribution in [2.45, 2.75) is 63.6 Å². The monoisotopic (exact) mass is 528 g/mol. The first-order chi connectivity index (χ1) is 17.1. The minimum Gasteiger partial charge on any atom is -0.483 e. The second-order valence-corrected chi connectivity index (χ2v) is 11.9. The molecule has 192 valence electrons. The van der Waals surface area contributed by atoms with Gasteiger partial charge in [-0.05, 0) is 54.9 Å². The lowest BCUT2D eigenvalue weighted by atomic mass is 9.87. The number of thiophene rings is 1. The van der Waals surface area contributed by atoms with E-state index in [1.165, 1.54) is 35.8 Å². The molecule has 10 heteroatoms. The highest BCUT2D eigenvalue weighted by atomic mass is 32.2. The number of nitrogens with one attached hydrogen (secondary N) is 1. The predicted octanol–water partition coefficient (Wildman–Crippen LogP) is 5.32. The molecule has 1 aromatic carbocycles. The Bertz CT molecular complexity index is 1260. The van der Waals surface area contributed by atoms with Gasteiger partial charge in [-0.2, -0.15) is 0 Å². The number of rotatable bonds is 8. The maximum atomic E-state index is 12.7. The van der Waals surface area contributed by atoms with Crippen molar-refractivity contribution in [2.75, 3.05) is 18.2 Å². The van der Waals surface area contributed by atoms with Gasteiger partial charge in [0.05, 0.1) is 18.4 Å². The first-order valence-corrected chi connectivity index (χ1v) is 13.7.